The van der Waals surface area contributed by atoms with Crippen LogP contribution in [0.15, 0.2) is 0 Å². The van der Waals surface area contributed by atoms with Crippen LogP contribution in [0.3, 0.4) is 0 Å². The Morgan fingerprint density at radius 1 is 1.00 bits per heavy atom. The summed E-state index contributed by atoms with van der Waals surface area (Å²) in [6, 6.07) is 0. The number of carbonyl (C=O) groups is 3. The van der Waals surface area contributed by atoms with Crippen LogP contribution < -0.4 is 11.1 Å². The molecule has 5 rings (SSSR count). The van der Waals surface area contributed by atoms with Gasteiger partial charge in [0.15, 0.2) is 0 Å². The average Bonchev–Trinajstić information content (AvgIpc) is 3.18. The fourth-order valence-electron chi connectivity index (χ4n) is 7.87. The highest BCUT2D eigenvalue weighted by Crippen LogP contribution is 2.62. The minimum Gasteiger partial charge on any atom is -0.377 e. The number of ether oxygens (including phenoxy) is 1. The van der Waals surface area contributed by atoms with Crippen LogP contribution in [0.5, 0.6) is 0 Å². The van der Waals surface area contributed by atoms with Crippen molar-refractivity contribution in [3.8, 4) is 0 Å². The van der Waals surface area contributed by atoms with Gasteiger partial charge in [-0.25, -0.2) is 0 Å². The van der Waals surface area contributed by atoms with Crippen molar-refractivity contribution in [2.24, 2.45) is 40.2 Å². The number of likely N-dealkylation sites (tertiary alicyclic amines) is 2. The standard InChI is InChI=1S/C29H48N4O4/c1-28(2)22(25(28)27(36)33-18-29(19-33)17-31-15-23(29)26(30)35)13-21(37-16-20-9-5-3-6-10-20)14-24(34)32-11-7-4-8-12-32/h20-23,25,31H,3-19H2,1-2H3,(H2,30,35)/t21-,22?,23+,25-/m1/s1. The molecule has 5 fully saturated rings. The predicted molar refractivity (Wildman–Crippen MR) is 141 cm³/mol. The Labute approximate surface area is 222 Å². The Hall–Kier alpha value is -1.67. The van der Waals surface area contributed by atoms with Gasteiger partial charge >= 0.3 is 0 Å². The molecule has 3 amide bonds. The van der Waals surface area contributed by atoms with E-state index in [2.05, 4.69) is 19.2 Å². The molecule has 0 aromatic carbocycles. The van der Waals surface area contributed by atoms with Gasteiger partial charge in [0, 0.05) is 57.2 Å². The van der Waals surface area contributed by atoms with Crippen LogP contribution in [-0.4, -0.2) is 79.5 Å². The first-order valence-corrected chi connectivity index (χ1v) is 14.9. The minimum absolute atomic E-state index is 0.0443. The van der Waals surface area contributed by atoms with Crippen LogP contribution in [0.25, 0.3) is 0 Å². The zero-order valence-corrected chi connectivity index (χ0v) is 23.0. The van der Waals surface area contributed by atoms with Crippen LogP contribution in [-0.2, 0) is 19.1 Å². The van der Waals surface area contributed by atoms with E-state index in [0.29, 0.717) is 32.0 Å². The highest BCUT2D eigenvalue weighted by Gasteiger charge is 2.65. The van der Waals surface area contributed by atoms with E-state index in [1.807, 2.05) is 9.80 Å². The molecule has 0 radical (unpaired) electrons. The summed E-state index contributed by atoms with van der Waals surface area (Å²) in [7, 11) is 0. The number of hydrogen-bond donors (Lipinski definition) is 2. The highest BCUT2D eigenvalue weighted by atomic mass is 16.5. The van der Waals surface area contributed by atoms with Crippen molar-refractivity contribution in [1.82, 2.24) is 15.1 Å². The zero-order valence-electron chi connectivity index (χ0n) is 23.0. The quantitative estimate of drug-likeness (QED) is 0.490. The summed E-state index contributed by atoms with van der Waals surface area (Å²) in [4.78, 5) is 42.6. The third-order valence-corrected chi connectivity index (χ3v) is 10.5. The largest absolute Gasteiger partial charge is 0.377 e. The predicted octanol–water partition coefficient (Wildman–Crippen LogP) is 2.55. The summed E-state index contributed by atoms with van der Waals surface area (Å²) in [5.41, 5.74) is 5.35. The number of nitrogens with zero attached hydrogens (tertiary/aromatic N) is 2. The smallest absolute Gasteiger partial charge is 0.226 e. The molecule has 3 aliphatic heterocycles. The number of nitrogens with one attached hydrogen (secondary N) is 1. The van der Waals surface area contributed by atoms with Crippen molar-refractivity contribution in [1.29, 1.82) is 0 Å². The van der Waals surface area contributed by atoms with Gasteiger partial charge in [-0.05, 0) is 55.8 Å². The Balaban J connectivity index is 1.19. The van der Waals surface area contributed by atoms with E-state index in [1.54, 1.807) is 0 Å². The Morgan fingerprint density at radius 3 is 2.35 bits per heavy atom. The summed E-state index contributed by atoms with van der Waals surface area (Å²) >= 11 is 0. The van der Waals surface area contributed by atoms with Crippen molar-refractivity contribution >= 4 is 17.7 Å². The van der Waals surface area contributed by atoms with Gasteiger partial charge in [-0.3, -0.25) is 14.4 Å². The van der Waals surface area contributed by atoms with Gasteiger partial charge in [0.1, 0.15) is 0 Å². The summed E-state index contributed by atoms with van der Waals surface area (Å²) < 4.78 is 6.50. The first kappa shape index (κ1) is 26.9. The number of carbonyl (C=O) groups excluding carboxylic acids is 3. The molecule has 8 heteroatoms. The van der Waals surface area contributed by atoms with Gasteiger partial charge in [-0.2, -0.15) is 0 Å². The summed E-state index contributed by atoms with van der Waals surface area (Å²) in [5, 5.41) is 3.30. The average molecular weight is 517 g/mol. The second kappa shape index (κ2) is 10.8. The van der Waals surface area contributed by atoms with E-state index < -0.39 is 0 Å². The van der Waals surface area contributed by atoms with Gasteiger partial charge in [0.25, 0.3) is 0 Å². The maximum Gasteiger partial charge on any atom is 0.226 e. The fraction of sp³-hybridized carbons (Fsp3) is 0.897. The monoisotopic (exact) mass is 516 g/mol. The van der Waals surface area contributed by atoms with Crippen LogP contribution >= 0.6 is 0 Å². The number of rotatable bonds is 9. The molecule has 0 bridgehead atoms. The van der Waals surface area contributed by atoms with Crippen LogP contribution in [0.4, 0.5) is 0 Å². The molecule has 3 N–H and O–H groups in total. The second-order valence-corrected chi connectivity index (χ2v) is 13.4. The van der Waals surface area contributed by atoms with E-state index in [0.717, 1.165) is 45.5 Å². The Bertz CT molecular complexity index is 858. The fourth-order valence-corrected chi connectivity index (χ4v) is 7.87. The Morgan fingerprint density at radius 2 is 1.68 bits per heavy atom. The lowest BCUT2D eigenvalue weighted by Gasteiger charge is -2.50. The highest BCUT2D eigenvalue weighted by molar-refractivity contribution is 5.85. The molecule has 4 atom stereocenters. The van der Waals surface area contributed by atoms with Gasteiger partial charge in [-0.1, -0.05) is 33.1 Å². The van der Waals surface area contributed by atoms with Crippen molar-refractivity contribution in [3.63, 3.8) is 0 Å². The number of nitrogens with two attached hydrogens (primary N) is 1. The van der Waals surface area contributed by atoms with Crippen LogP contribution in [0.2, 0.25) is 0 Å². The van der Waals surface area contributed by atoms with Crippen molar-refractivity contribution in [2.45, 2.75) is 84.2 Å². The molecule has 3 saturated heterocycles. The first-order chi connectivity index (χ1) is 17.7. The topological polar surface area (TPSA) is 105 Å². The molecule has 1 unspecified atom stereocenters. The normalized spacial score (nSPS) is 31.7. The lowest BCUT2D eigenvalue weighted by molar-refractivity contribution is -0.150. The lowest BCUT2D eigenvalue weighted by atomic mass is 9.71. The molecule has 2 saturated carbocycles. The number of primary amides is 1. The number of piperidine rings is 1. The van der Waals surface area contributed by atoms with Crippen LogP contribution in [0, 0.1) is 34.5 Å². The van der Waals surface area contributed by atoms with Crippen molar-refractivity contribution in [2.75, 3.05) is 45.9 Å². The van der Waals surface area contributed by atoms with Crippen LogP contribution in [0.1, 0.15) is 78.1 Å². The minimum atomic E-state index is -0.266. The molecular weight excluding hydrogens is 468 g/mol. The zero-order chi connectivity index (χ0) is 26.2. The van der Waals surface area contributed by atoms with E-state index in [4.69, 9.17) is 10.5 Å². The van der Waals surface area contributed by atoms with E-state index in [1.165, 1.54) is 38.5 Å². The maximum atomic E-state index is 13.6. The molecule has 2 aliphatic carbocycles. The van der Waals surface area contributed by atoms with E-state index in [-0.39, 0.29) is 52.4 Å². The molecule has 5 aliphatic rings. The molecule has 1 spiro atoms. The maximum absolute atomic E-state index is 13.6. The molecule has 37 heavy (non-hydrogen) atoms. The molecule has 0 aromatic rings. The third kappa shape index (κ3) is 5.56. The van der Waals surface area contributed by atoms with Gasteiger partial charge in [0.2, 0.25) is 17.7 Å². The molecule has 3 heterocycles. The summed E-state index contributed by atoms with van der Waals surface area (Å²) in [6.07, 6.45) is 10.8. The summed E-state index contributed by atoms with van der Waals surface area (Å²) in [5.74, 6) is 0.722. The lowest BCUT2D eigenvalue weighted by Crippen LogP contribution is -2.64. The third-order valence-electron chi connectivity index (χ3n) is 10.5. The van der Waals surface area contributed by atoms with Gasteiger partial charge in [-0.15, -0.1) is 0 Å². The van der Waals surface area contributed by atoms with E-state index >= 15 is 0 Å². The molecular formula is C29H48N4O4. The molecule has 0 aromatic heterocycles. The summed E-state index contributed by atoms with van der Waals surface area (Å²) in [6.45, 7) is 9.41. The Kier molecular flexibility index (Phi) is 7.88. The number of hydrogen-bond acceptors (Lipinski definition) is 5. The molecule has 8 nitrogen and oxygen atoms in total. The van der Waals surface area contributed by atoms with Gasteiger partial charge in [0.05, 0.1) is 18.4 Å². The first-order valence-electron chi connectivity index (χ1n) is 14.9. The number of amides is 3. The van der Waals surface area contributed by atoms with Crippen molar-refractivity contribution < 1.29 is 19.1 Å². The second-order valence-electron chi connectivity index (χ2n) is 13.4. The SMILES string of the molecule is CC1(C)C(C[C@H](CC(=O)N2CCCCC2)OCC2CCCCC2)[C@@H]1C(=O)N1CC2(CNC[C@H]2C(N)=O)C1. The molecule has 208 valence electrons. The van der Waals surface area contributed by atoms with Crippen molar-refractivity contribution in [3.05, 3.63) is 0 Å². The van der Waals surface area contributed by atoms with Gasteiger partial charge < -0.3 is 25.6 Å². The van der Waals surface area contributed by atoms with E-state index in [9.17, 15) is 14.4 Å².